The van der Waals surface area contributed by atoms with E-state index in [1.54, 1.807) is 13.4 Å². The fourth-order valence-electron chi connectivity index (χ4n) is 3.91. The molecule has 19 heavy (non-hydrogen) atoms. The molecule has 0 radical (unpaired) electrons. The molecule has 0 saturated heterocycles. The lowest BCUT2D eigenvalue weighted by atomic mass is 9.95. The summed E-state index contributed by atoms with van der Waals surface area (Å²) in [5.41, 5.74) is 1.70. The topological polar surface area (TPSA) is 55.7 Å². The van der Waals surface area contributed by atoms with Crippen molar-refractivity contribution in [1.29, 1.82) is 0 Å². The highest BCUT2D eigenvalue weighted by Crippen LogP contribution is 2.51. The van der Waals surface area contributed by atoms with Crippen molar-refractivity contribution in [3.8, 4) is 5.88 Å². The molecule has 2 fully saturated rings. The van der Waals surface area contributed by atoms with Gasteiger partial charge in [0.1, 0.15) is 11.8 Å². The Bertz CT molecular complexity index is 691. The van der Waals surface area contributed by atoms with Crippen LogP contribution in [0, 0.1) is 16.6 Å². The maximum absolute atomic E-state index is 5.50. The normalized spacial score (nSPS) is 29.2. The molecule has 4 rings (SSSR count). The van der Waals surface area contributed by atoms with Crippen LogP contribution < -0.4 is 4.74 Å². The van der Waals surface area contributed by atoms with E-state index in [2.05, 4.69) is 19.5 Å². The Morgan fingerprint density at radius 2 is 2.26 bits per heavy atom. The molecule has 3 unspecified atom stereocenters. The molecule has 0 aromatic carbocycles. The SMILES string of the molecule is COc1ncnc2c1[nH]c(=S)n2C1CC2CCC1C2. The molecular formula is C13H16N4OS. The van der Waals surface area contributed by atoms with Gasteiger partial charge in [-0.1, -0.05) is 6.42 Å². The Kier molecular flexibility index (Phi) is 2.42. The van der Waals surface area contributed by atoms with Gasteiger partial charge in [0.05, 0.1) is 7.11 Å². The molecule has 0 aliphatic heterocycles. The van der Waals surface area contributed by atoms with Crippen LogP contribution in [0.3, 0.4) is 0 Å². The second kappa shape index (κ2) is 4.03. The van der Waals surface area contributed by atoms with Gasteiger partial charge in [-0.15, -0.1) is 0 Å². The average Bonchev–Trinajstić information content (AvgIpc) is 3.09. The van der Waals surface area contributed by atoms with Crippen LogP contribution in [0.15, 0.2) is 6.33 Å². The first-order chi connectivity index (χ1) is 9.28. The van der Waals surface area contributed by atoms with E-state index >= 15 is 0 Å². The number of H-pyrrole nitrogens is 1. The van der Waals surface area contributed by atoms with Gasteiger partial charge >= 0.3 is 0 Å². The van der Waals surface area contributed by atoms with E-state index < -0.39 is 0 Å². The predicted octanol–water partition coefficient (Wildman–Crippen LogP) is 2.86. The van der Waals surface area contributed by atoms with Crippen molar-refractivity contribution in [3.63, 3.8) is 0 Å². The fourth-order valence-corrected chi connectivity index (χ4v) is 4.23. The molecule has 1 N–H and O–H groups in total. The molecule has 2 aliphatic carbocycles. The number of nitrogens with zero attached hydrogens (tertiary/aromatic N) is 3. The fraction of sp³-hybridized carbons (Fsp3) is 0.615. The molecule has 2 aliphatic rings. The first-order valence-corrected chi connectivity index (χ1v) is 7.18. The zero-order valence-corrected chi connectivity index (χ0v) is 11.6. The van der Waals surface area contributed by atoms with Crippen LogP contribution in [0.1, 0.15) is 31.7 Å². The minimum atomic E-state index is 0.500. The summed E-state index contributed by atoms with van der Waals surface area (Å²) in [6.45, 7) is 0. The number of aromatic nitrogens is 4. The maximum atomic E-state index is 5.50. The minimum absolute atomic E-state index is 0.500. The molecule has 2 saturated carbocycles. The van der Waals surface area contributed by atoms with E-state index in [4.69, 9.17) is 17.0 Å². The molecule has 6 heteroatoms. The van der Waals surface area contributed by atoms with Crippen molar-refractivity contribution < 1.29 is 4.74 Å². The number of ether oxygens (including phenoxy) is 1. The molecule has 0 amide bonds. The Balaban J connectivity index is 1.90. The third kappa shape index (κ3) is 1.55. The number of hydrogen-bond acceptors (Lipinski definition) is 4. The zero-order chi connectivity index (χ0) is 13.0. The molecule has 2 bridgehead atoms. The summed E-state index contributed by atoms with van der Waals surface area (Å²) >= 11 is 5.50. The van der Waals surface area contributed by atoms with E-state index in [1.807, 2.05) is 0 Å². The second-order valence-corrected chi connectivity index (χ2v) is 6.01. The molecule has 0 spiro atoms. The van der Waals surface area contributed by atoms with E-state index in [1.165, 1.54) is 25.7 Å². The van der Waals surface area contributed by atoms with Gasteiger partial charge in [0, 0.05) is 6.04 Å². The van der Waals surface area contributed by atoms with Crippen molar-refractivity contribution >= 4 is 23.4 Å². The van der Waals surface area contributed by atoms with E-state index in [0.717, 1.165) is 27.8 Å². The van der Waals surface area contributed by atoms with Gasteiger partial charge in [0.15, 0.2) is 10.4 Å². The van der Waals surface area contributed by atoms with Gasteiger partial charge in [-0.05, 0) is 43.3 Å². The standard InChI is InChI=1S/C13H16N4OS/c1-18-12-10-11(14-6-15-12)17(13(19)16-10)9-5-7-2-3-8(9)4-7/h6-9H,2-5H2,1H3,(H,16,19). The lowest BCUT2D eigenvalue weighted by Gasteiger charge is -2.23. The average molecular weight is 276 g/mol. The van der Waals surface area contributed by atoms with Crippen molar-refractivity contribution in [2.24, 2.45) is 11.8 Å². The number of nitrogens with one attached hydrogen (secondary N) is 1. The summed E-state index contributed by atoms with van der Waals surface area (Å²) in [4.78, 5) is 11.8. The maximum Gasteiger partial charge on any atom is 0.242 e. The van der Waals surface area contributed by atoms with Crippen molar-refractivity contribution in [1.82, 2.24) is 19.5 Å². The van der Waals surface area contributed by atoms with Crippen molar-refractivity contribution in [2.45, 2.75) is 31.7 Å². The van der Waals surface area contributed by atoms with E-state index in [0.29, 0.717) is 11.9 Å². The highest BCUT2D eigenvalue weighted by Gasteiger charge is 2.41. The molecule has 3 atom stereocenters. The number of imidazole rings is 1. The number of rotatable bonds is 2. The van der Waals surface area contributed by atoms with Crippen molar-refractivity contribution in [2.75, 3.05) is 7.11 Å². The minimum Gasteiger partial charge on any atom is -0.479 e. The van der Waals surface area contributed by atoms with Gasteiger partial charge in [-0.25, -0.2) is 4.98 Å². The van der Waals surface area contributed by atoms with E-state index in [-0.39, 0.29) is 0 Å². The summed E-state index contributed by atoms with van der Waals surface area (Å²) in [6, 6.07) is 0.500. The highest BCUT2D eigenvalue weighted by atomic mass is 32.1. The number of hydrogen-bond donors (Lipinski definition) is 1. The van der Waals surface area contributed by atoms with E-state index in [9.17, 15) is 0 Å². The van der Waals surface area contributed by atoms with Crippen LogP contribution in [-0.4, -0.2) is 26.6 Å². The Morgan fingerprint density at radius 3 is 2.95 bits per heavy atom. The Hall–Kier alpha value is -1.43. The third-order valence-electron chi connectivity index (χ3n) is 4.70. The predicted molar refractivity (Wildman–Crippen MR) is 73.7 cm³/mol. The van der Waals surface area contributed by atoms with Gasteiger partial charge in [-0.2, -0.15) is 4.98 Å². The number of aromatic amines is 1. The highest BCUT2D eigenvalue weighted by molar-refractivity contribution is 7.71. The molecule has 2 heterocycles. The summed E-state index contributed by atoms with van der Waals surface area (Å²) in [6.07, 6.45) is 6.84. The quantitative estimate of drug-likeness (QED) is 0.857. The smallest absolute Gasteiger partial charge is 0.242 e. The molecule has 5 nitrogen and oxygen atoms in total. The van der Waals surface area contributed by atoms with Gasteiger partial charge in [0.2, 0.25) is 5.88 Å². The molecular weight excluding hydrogens is 260 g/mol. The van der Waals surface area contributed by atoms with Crippen LogP contribution in [-0.2, 0) is 0 Å². The monoisotopic (exact) mass is 276 g/mol. The van der Waals surface area contributed by atoms with Gasteiger partial charge in [0.25, 0.3) is 0 Å². The first kappa shape index (κ1) is 11.4. The third-order valence-corrected chi connectivity index (χ3v) is 5.00. The van der Waals surface area contributed by atoms with Gasteiger partial charge in [-0.3, -0.25) is 4.57 Å². The molecule has 2 aromatic rings. The van der Waals surface area contributed by atoms with Crippen LogP contribution >= 0.6 is 12.2 Å². The Labute approximate surface area is 116 Å². The van der Waals surface area contributed by atoms with Gasteiger partial charge < -0.3 is 9.72 Å². The lowest BCUT2D eigenvalue weighted by Crippen LogP contribution is -2.16. The zero-order valence-electron chi connectivity index (χ0n) is 10.8. The second-order valence-electron chi connectivity index (χ2n) is 5.62. The Morgan fingerprint density at radius 1 is 1.37 bits per heavy atom. The van der Waals surface area contributed by atoms with Crippen LogP contribution in [0.5, 0.6) is 5.88 Å². The summed E-state index contributed by atoms with van der Waals surface area (Å²) in [5.74, 6) is 2.21. The summed E-state index contributed by atoms with van der Waals surface area (Å²) < 4.78 is 8.21. The lowest BCUT2D eigenvalue weighted by molar-refractivity contribution is 0.332. The summed E-state index contributed by atoms with van der Waals surface area (Å²) in [7, 11) is 1.62. The van der Waals surface area contributed by atoms with Crippen LogP contribution in [0.4, 0.5) is 0 Å². The first-order valence-electron chi connectivity index (χ1n) is 6.77. The largest absolute Gasteiger partial charge is 0.479 e. The number of methoxy groups -OCH3 is 1. The molecule has 100 valence electrons. The molecule has 2 aromatic heterocycles. The van der Waals surface area contributed by atoms with Crippen LogP contribution in [0.2, 0.25) is 0 Å². The van der Waals surface area contributed by atoms with Crippen LogP contribution in [0.25, 0.3) is 11.2 Å². The van der Waals surface area contributed by atoms with Crippen molar-refractivity contribution in [3.05, 3.63) is 11.1 Å². The number of fused-ring (bicyclic) bond motifs is 3. The summed E-state index contributed by atoms with van der Waals surface area (Å²) in [5, 5.41) is 0.